The first-order chi connectivity index (χ1) is 11.7. The van der Waals surface area contributed by atoms with Gasteiger partial charge >= 0.3 is 5.97 Å². The smallest absolute Gasteiger partial charge is 0.338 e. The Morgan fingerprint density at radius 2 is 1.80 bits per heavy atom. The Hall–Kier alpha value is -2.76. The molecule has 5 nitrogen and oxygen atoms in total. The first kappa shape index (κ1) is 18.6. The molecule has 0 aliphatic carbocycles. The van der Waals surface area contributed by atoms with Gasteiger partial charge in [-0.3, -0.25) is 4.79 Å². The molecule has 0 unspecified atom stereocenters. The third-order valence-corrected chi connectivity index (χ3v) is 3.27. The predicted octanol–water partition coefficient (Wildman–Crippen LogP) is 3.13. The highest BCUT2D eigenvalue weighted by molar-refractivity contribution is 5.96. The molecule has 25 heavy (non-hydrogen) atoms. The Balaban J connectivity index is 2.38. The summed E-state index contributed by atoms with van der Waals surface area (Å²) in [6, 6.07) is 8.97. The van der Waals surface area contributed by atoms with E-state index in [1.807, 2.05) is 0 Å². The van der Waals surface area contributed by atoms with E-state index in [0.29, 0.717) is 12.1 Å². The summed E-state index contributed by atoms with van der Waals surface area (Å²) < 4.78 is 18.4. The third-order valence-electron chi connectivity index (χ3n) is 3.27. The summed E-state index contributed by atoms with van der Waals surface area (Å²) in [6.07, 6.45) is 0.362. The lowest BCUT2D eigenvalue weighted by Gasteiger charge is -2.20. The van der Waals surface area contributed by atoms with Gasteiger partial charge in [0.25, 0.3) is 5.91 Å². The Morgan fingerprint density at radius 3 is 2.36 bits per heavy atom. The number of nitrogens with zero attached hydrogens (tertiary/aromatic N) is 1. The van der Waals surface area contributed by atoms with Crippen LogP contribution in [0.4, 0.5) is 4.39 Å². The molecule has 0 radical (unpaired) electrons. The summed E-state index contributed by atoms with van der Waals surface area (Å²) in [7, 11) is 1.49. The van der Waals surface area contributed by atoms with E-state index >= 15 is 0 Å². The van der Waals surface area contributed by atoms with Gasteiger partial charge in [-0.15, -0.1) is 0 Å². The normalized spacial score (nSPS) is 11.1. The second kappa shape index (κ2) is 7.42. The van der Waals surface area contributed by atoms with Crippen LogP contribution < -0.4 is 5.32 Å². The predicted molar refractivity (Wildman–Crippen MR) is 92.0 cm³/mol. The standard InChI is InChI=1S/C19H21FN2O3/c1-19(2,3)25-18(24)13-10-15(22-16(11-13)17(23)21-4)9-12-5-7-14(20)8-6-12/h5-8,10-11H,9H2,1-4H3,(H,21,23). The highest BCUT2D eigenvalue weighted by Crippen LogP contribution is 2.16. The van der Waals surface area contributed by atoms with Crippen molar-refractivity contribution in [3.63, 3.8) is 0 Å². The zero-order valence-electron chi connectivity index (χ0n) is 14.7. The van der Waals surface area contributed by atoms with E-state index in [-0.39, 0.29) is 17.1 Å². The number of carbonyl (C=O) groups is 2. The highest BCUT2D eigenvalue weighted by atomic mass is 19.1. The van der Waals surface area contributed by atoms with Crippen LogP contribution in [0.5, 0.6) is 0 Å². The molecule has 132 valence electrons. The monoisotopic (exact) mass is 344 g/mol. The number of ether oxygens (including phenoxy) is 1. The van der Waals surface area contributed by atoms with Crippen molar-refractivity contribution in [3.05, 3.63) is 64.7 Å². The summed E-state index contributed by atoms with van der Waals surface area (Å²) in [4.78, 5) is 28.6. The first-order valence-electron chi connectivity index (χ1n) is 7.89. The Labute approximate surface area is 146 Å². The summed E-state index contributed by atoms with van der Waals surface area (Å²) in [5, 5.41) is 2.49. The van der Waals surface area contributed by atoms with Crippen LogP contribution in [0.15, 0.2) is 36.4 Å². The van der Waals surface area contributed by atoms with Gasteiger partial charge in [0.15, 0.2) is 0 Å². The molecule has 6 heteroatoms. The van der Waals surface area contributed by atoms with E-state index in [1.165, 1.54) is 25.2 Å². The van der Waals surface area contributed by atoms with Gasteiger partial charge in [-0.25, -0.2) is 14.2 Å². The number of carbonyl (C=O) groups excluding carboxylic acids is 2. The molecule has 0 bridgehead atoms. The number of hydrogen-bond donors (Lipinski definition) is 1. The lowest BCUT2D eigenvalue weighted by Crippen LogP contribution is -2.25. The van der Waals surface area contributed by atoms with Crippen LogP contribution in [0.2, 0.25) is 0 Å². The van der Waals surface area contributed by atoms with E-state index in [4.69, 9.17) is 4.74 Å². The fraction of sp³-hybridized carbons (Fsp3) is 0.316. The van der Waals surface area contributed by atoms with Crippen molar-refractivity contribution in [2.24, 2.45) is 0 Å². The number of nitrogens with one attached hydrogen (secondary N) is 1. The molecule has 1 N–H and O–H groups in total. The van der Waals surface area contributed by atoms with Crippen LogP contribution in [0.1, 0.15) is 52.9 Å². The Bertz CT molecular complexity index is 780. The van der Waals surface area contributed by atoms with Gasteiger partial charge in [0, 0.05) is 19.2 Å². The molecule has 1 aromatic carbocycles. The molecule has 2 aromatic rings. The molecule has 0 spiro atoms. The van der Waals surface area contributed by atoms with Crippen molar-refractivity contribution in [3.8, 4) is 0 Å². The minimum atomic E-state index is -0.648. The van der Waals surface area contributed by atoms with Gasteiger partial charge in [-0.1, -0.05) is 12.1 Å². The maximum Gasteiger partial charge on any atom is 0.338 e. The molecule has 2 rings (SSSR count). The van der Waals surface area contributed by atoms with E-state index in [1.54, 1.807) is 39.0 Å². The van der Waals surface area contributed by atoms with Crippen molar-refractivity contribution in [1.29, 1.82) is 0 Å². The molecular weight excluding hydrogens is 323 g/mol. The van der Waals surface area contributed by atoms with Crippen LogP contribution >= 0.6 is 0 Å². The molecule has 0 saturated carbocycles. The topological polar surface area (TPSA) is 68.3 Å². The van der Waals surface area contributed by atoms with Crippen molar-refractivity contribution in [2.75, 3.05) is 7.05 Å². The first-order valence-corrected chi connectivity index (χ1v) is 7.89. The molecule has 0 aliphatic heterocycles. The van der Waals surface area contributed by atoms with Crippen LogP contribution in [0.3, 0.4) is 0 Å². The zero-order valence-corrected chi connectivity index (χ0v) is 14.7. The fourth-order valence-corrected chi connectivity index (χ4v) is 2.19. The average Bonchev–Trinajstić information content (AvgIpc) is 2.54. The highest BCUT2D eigenvalue weighted by Gasteiger charge is 2.20. The minimum absolute atomic E-state index is 0.128. The van der Waals surface area contributed by atoms with E-state index in [9.17, 15) is 14.0 Å². The van der Waals surface area contributed by atoms with Crippen LogP contribution in [0.25, 0.3) is 0 Å². The van der Waals surface area contributed by atoms with Crippen molar-refractivity contribution in [2.45, 2.75) is 32.8 Å². The SMILES string of the molecule is CNC(=O)c1cc(C(=O)OC(C)(C)C)cc(Cc2ccc(F)cc2)n1. The van der Waals surface area contributed by atoms with Crippen LogP contribution in [0, 0.1) is 5.82 Å². The summed E-state index contributed by atoms with van der Waals surface area (Å²) in [5.74, 6) is -1.25. The molecule has 0 aliphatic rings. The average molecular weight is 344 g/mol. The quantitative estimate of drug-likeness (QED) is 0.865. The maximum atomic E-state index is 13.0. The van der Waals surface area contributed by atoms with Crippen LogP contribution in [-0.2, 0) is 11.2 Å². The zero-order chi connectivity index (χ0) is 18.6. The number of esters is 1. The molecule has 0 fully saturated rings. The molecular formula is C19H21FN2O3. The number of benzene rings is 1. The van der Waals surface area contributed by atoms with Gasteiger partial charge in [-0.2, -0.15) is 0 Å². The van der Waals surface area contributed by atoms with E-state index < -0.39 is 17.5 Å². The van der Waals surface area contributed by atoms with Gasteiger partial charge < -0.3 is 10.1 Å². The number of rotatable bonds is 4. The lowest BCUT2D eigenvalue weighted by molar-refractivity contribution is 0.00692. The van der Waals surface area contributed by atoms with Crippen LogP contribution in [-0.4, -0.2) is 29.5 Å². The number of amides is 1. The van der Waals surface area contributed by atoms with Gasteiger partial charge in [0.1, 0.15) is 17.1 Å². The molecule has 1 amide bonds. The number of hydrogen-bond acceptors (Lipinski definition) is 4. The Kier molecular flexibility index (Phi) is 5.51. The Morgan fingerprint density at radius 1 is 1.16 bits per heavy atom. The van der Waals surface area contributed by atoms with E-state index in [0.717, 1.165) is 5.56 Å². The largest absolute Gasteiger partial charge is 0.456 e. The molecule has 0 saturated heterocycles. The second-order valence-corrected chi connectivity index (χ2v) is 6.62. The minimum Gasteiger partial charge on any atom is -0.456 e. The summed E-state index contributed by atoms with van der Waals surface area (Å²) >= 11 is 0. The molecule has 1 heterocycles. The summed E-state index contributed by atoms with van der Waals surface area (Å²) in [5.41, 5.74) is 1.07. The maximum absolute atomic E-state index is 13.0. The van der Waals surface area contributed by atoms with Gasteiger partial charge in [0.05, 0.1) is 5.56 Å². The second-order valence-electron chi connectivity index (χ2n) is 6.62. The van der Waals surface area contributed by atoms with E-state index in [2.05, 4.69) is 10.3 Å². The number of pyridine rings is 1. The van der Waals surface area contributed by atoms with Crippen molar-refractivity contribution < 1.29 is 18.7 Å². The fourth-order valence-electron chi connectivity index (χ4n) is 2.19. The third kappa shape index (κ3) is 5.38. The molecule has 0 atom stereocenters. The van der Waals surface area contributed by atoms with Gasteiger partial charge in [0.2, 0.25) is 0 Å². The lowest BCUT2D eigenvalue weighted by atomic mass is 10.1. The molecule has 1 aromatic heterocycles. The summed E-state index contributed by atoms with van der Waals surface area (Å²) in [6.45, 7) is 5.31. The van der Waals surface area contributed by atoms with Crippen molar-refractivity contribution >= 4 is 11.9 Å². The number of halogens is 1. The van der Waals surface area contributed by atoms with Gasteiger partial charge in [-0.05, 0) is 50.6 Å². The number of aromatic nitrogens is 1. The van der Waals surface area contributed by atoms with Crippen molar-refractivity contribution in [1.82, 2.24) is 10.3 Å².